The number of halogens is 1. The van der Waals surface area contributed by atoms with E-state index < -0.39 is 0 Å². The number of benzene rings is 1. The highest BCUT2D eigenvalue weighted by Gasteiger charge is 2.20. The molecule has 9 heteroatoms. The number of aliphatic imine (C=N–C) groups is 1. The van der Waals surface area contributed by atoms with Crippen LogP contribution < -0.4 is 10.1 Å². The van der Waals surface area contributed by atoms with Gasteiger partial charge in [-0.25, -0.2) is 9.37 Å². The summed E-state index contributed by atoms with van der Waals surface area (Å²) in [6.45, 7) is 4.81. The van der Waals surface area contributed by atoms with Crippen LogP contribution in [-0.4, -0.2) is 59.1 Å². The molecule has 4 rings (SSSR count). The fourth-order valence-corrected chi connectivity index (χ4v) is 3.47. The van der Waals surface area contributed by atoms with Gasteiger partial charge in [0.15, 0.2) is 5.96 Å². The molecule has 2 aromatic heterocycles. The normalized spacial score (nSPS) is 15.2. The van der Waals surface area contributed by atoms with Gasteiger partial charge in [0, 0.05) is 70.2 Å². The lowest BCUT2D eigenvalue weighted by Crippen LogP contribution is -2.52. The molecule has 1 aromatic carbocycles. The van der Waals surface area contributed by atoms with E-state index in [0.29, 0.717) is 18.2 Å². The zero-order valence-corrected chi connectivity index (χ0v) is 17.4. The van der Waals surface area contributed by atoms with Crippen LogP contribution in [0.15, 0.2) is 64.4 Å². The molecule has 1 aliphatic rings. The van der Waals surface area contributed by atoms with E-state index in [2.05, 4.69) is 30.2 Å². The first-order chi connectivity index (χ1) is 15.2. The minimum atomic E-state index is -0.351. The van der Waals surface area contributed by atoms with Gasteiger partial charge in [0.05, 0.1) is 5.69 Å². The average molecular weight is 424 g/mol. The molecule has 0 atom stereocenters. The van der Waals surface area contributed by atoms with E-state index >= 15 is 0 Å². The van der Waals surface area contributed by atoms with Crippen molar-refractivity contribution in [2.24, 2.45) is 4.99 Å². The minimum Gasteiger partial charge on any atom is -0.439 e. The van der Waals surface area contributed by atoms with Crippen molar-refractivity contribution in [1.82, 2.24) is 25.3 Å². The molecular formula is C22H25FN6O2. The predicted molar refractivity (Wildman–Crippen MR) is 114 cm³/mol. The third-order valence-electron chi connectivity index (χ3n) is 5.06. The third-order valence-corrected chi connectivity index (χ3v) is 5.06. The molecule has 0 amide bonds. The molecule has 0 aliphatic carbocycles. The Morgan fingerprint density at radius 1 is 1.19 bits per heavy atom. The molecule has 1 aliphatic heterocycles. The van der Waals surface area contributed by atoms with E-state index in [9.17, 15) is 4.39 Å². The summed E-state index contributed by atoms with van der Waals surface area (Å²) in [5.41, 5.74) is 1.80. The molecule has 0 spiro atoms. The van der Waals surface area contributed by atoms with Gasteiger partial charge >= 0.3 is 0 Å². The van der Waals surface area contributed by atoms with Gasteiger partial charge in [-0.05, 0) is 18.2 Å². The van der Waals surface area contributed by atoms with Gasteiger partial charge in [-0.3, -0.25) is 9.89 Å². The lowest BCUT2D eigenvalue weighted by atomic mass is 10.2. The summed E-state index contributed by atoms with van der Waals surface area (Å²) in [7, 11) is 1.78. The van der Waals surface area contributed by atoms with E-state index in [1.165, 1.54) is 12.1 Å². The molecule has 1 N–H and O–H groups in total. The third kappa shape index (κ3) is 5.58. The Hall–Kier alpha value is -3.46. The Labute approximate surface area is 180 Å². The van der Waals surface area contributed by atoms with Crippen molar-refractivity contribution in [3.63, 3.8) is 0 Å². The second kappa shape index (κ2) is 10.0. The van der Waals surface area contributed by atoms with Crippen LogP contribution in [0, 0.1) is 5.82 Å². The molecule has 3 heterocycles. The summed E-state index contributed by atoms with van der Waals surface area (Å²) in [4.78, 5) is 13.3. The SMILES string of the molecule is CN=C(NCc1cccnc1Oc1cccc(F)c1)N1CCN(Cc2ccon2)CC1. The number of hydrogen-bond acceptors (Lipinski definition) is 6. The van der Waals surface area contributed by atoms with Gasteiger partial charge in [-0.1, -0.05) is 17.3 Å². The smallest absolute Gasteiger partial charge is 0.224 e. The summed E-state index contributed by atoms with van der Waals surface area (Å²) in [5.74, 6) is 1.32. The number of nitrogens with zero attached hydrogens (tertiary/aromatic N) is 5. The highest BCUT2D eigenvalue weighted by atomic mass is 19.1. The van der Waals surface area contributed by atoms with Gasteiger partial charge in [0.1, 0.15) is 17.8 Å². The van der Waals surface area contributed by atoms with E-state index in [1.54, 1.807) is 31.6 Å². The van der Waals surface area contributed by atoms with Crippen LogP contribution in [0.5, 0.6) is 11.6 Å². The van der Waals surface area contributed by atoms with Crippen molar-refractivity contribution in [2.45, 2.75) is 13.1 Å². The largest absolute Gasteiger partial charge is 0.439 e. The van der Waals surface area contributed by atoms with Crippen LogP contribution >= 0.6 is 0 Å². The summed E-state index contributed by atoms with van der Waals surface area (Å²) in [6.07, 6.45) is 3.25. The van der Waals surface area contributed by atoms with E-state index in [4.69, 9.17) is 9.26 Å². The lowest BCUT2D eigenvalue weighted by molar-refractivity contribution is 0.169. The van der Waals surface area contributed by atoms with Crippen LogP contribution in [-0.2, 0) is 13.1 Å². The van der Waals surface area contributed by atoms with Crippen LogP contribution in [0.4, 0.5) is 4.39 Å². The van der Waals surface area contributed by atoms with E-state index in [0.717, 1.165) is 49.9 Å². The number of guanidine groups is 1. The number of piperazine rings is 1. The Balaban J connectivity index is 1.33. The van der Waals surface area contributed by atoms with Gasteiger partial charge in [-0.15, -0.1) is 0 Å². The van der Waals surface area contributed by atoms with Gasteiger partial charge < -0.3 is 19.5 Å². The Kier molecular flexibility index (Phi) is 6.73. The predicted octanol–water partition coefficient (Wildman–Crippen LogP) is 2.89. The highest BCUT2D eigenvalue weighted by Crippen LogP contribution is 2.23. The quantitative estimate of drug-likeness (QED) is 0.481. The zero-order chi connectivity index (χ0) is 21.5. The maximum atomic E-state index is 13.5. The van der Waals surface area contributed by atoms with Crippen molar-refractivity contribution >= 4 is 5.96 Å². The fourth-order valence-electron chi connectivity index (χ4n) is 3.47. The first-order valence-electron chi connectivity index (χ1n) is 10.2. The molecule has 1 saturated heterocycles. The van der Waals surface area contributed by atoms with Crippen molar-refractivity contribution in [3.05, 3.63) is 72.0 Å². The number of aromatic nitrogens is 2. The molecule has 0 saturated carbocycles. The Morgan fingerprint density at radius 3 is 2.81 bits per heavy atom. The van der Waals surface area contributed by atoms with E-state index in [-0.39, 0.29) is 5.82 Å². The summed E-state index contributed by atoms with van der Waals surface area (Å²) >= 11 is 0. The molecule has 8 nitrogen and oxygen atoms in total. The topological polar surface area (TPSA) is 79.0 Å². The Morgan fingerprint density at radius 2 is 2.06 bits per heavy atom. The summed E-state index contributed by atoms with van der Waals surface area (Å²) in [5, 5.41) is 7.37. The van der Waals surface area contributed by atoms with Crippen LogP contribution in [0.25, 0.3) is 0 Å². The van der Waals surface area contributed by atoms with Gasteiger partial charge in [-0.2, -0.15) is 0 Å². The molecule has 0 unspecified atom stereocenters. The van der Waals surface area contributed by atoms with Crippen molar-refractivity contribution < 1.29 is 13.7 Å². The molecule has 3 aromatic rings. The molecule has 0 radical (unpaired) electrons. The molecule has 1 fully saturated rings. The zero-order valence-electron chi connectivity index (χ0n) is 17.4. The summed E-state index contributed by atoms with van der Waals surface area (Å²) in [6, 6.07) is 11.7. The maximum Gasteiger partial charge on any atom is 0.224 e. The van der Waals surface area contributed by atoms with Crippen LogP contribution in [0.2, 0.25) is 0 Å². The first-order valence-corrected chi connectivity index (χ1v) is 10.2. The highest BCUT2D eigenvalue weighted by molar-refractivity contribution is 5.80. The second-order valence-electron chi connectivity index (χ2n) is 7.18. The molecule has 31 heavy (non-hydrogen) atoms. The van der Waals surface area contributed by atoms with Gasteiger partial charge in [0.25, 0.3) is 0 Å². The van der Waals surface area contributed by atoms with Crippen molar-refractivity contribution in [1.29, 1.82) is 0 Å². The minimum absolute atomic E-state index is 0.351. The van der Waals surface area contributed by atoms with E-state index in [1.807, 2.05) is 18.2 Å². The lowest BCUT2D eigenvalue weighted by Gasteiger charge is -2.36. The number of rotatable bonds is 6. The second-order valence-corrected chi connectivity index (χ2v) is 7.18. The van der Waals surface area contributed by atoms with Crippen molar-refractivity contribution in [3.8, 4) is 11.6 Å². The first kappa shape index (κ1) is 20.8. The number of nitrogens with one attached hydrogen (secondary N) is 1. The summed E-state index contributed by atoms with van der Waals surface area (Å²) < 4.78 is 24.2. The van der Waals surface area contributed by atoms with Crippen LogP contribution in [0.3, 0.4) is 0 Å². The number of pyridine rings is 1. The maximum absolute atomic E-state index is 13.5. The average Bonchev–Trinajstić information content (AvgIpc) is 3.29. The van der Waals surface area contributed by atoms with Crippen molar-refractivity contribution in [2.75, 3.05) is 33.2 Å². The number of hydrogen-bond donors (Lipinski definition) is 1. The fraction of sp³-hybridized carbons (Fsp3) is 0.318. The molecule has 0 bridgehead atoms. The molecule has 162 valence electrons. The Bertz CT molecular complexity index is 1000. The van der Waals surface area contributed by atoms with Crippen LogP contribution in [0.1, 0.15) is 11.3 Å². The molecular weight excluding hydrogens is 399 g/mol. The number of ether oxygens (including phenoxy) is 1. The van der Waals surface area contributed by atoms with Gasteiger partial charge in [0.2, 0.25) is 5.88 Å². The monoisotopic (exact) mass is 424 g/mol. The standard InChI is InChI=1S/C22H25FN6O2/c1-24-22(29-11-9-28(10-12-29)16-19-7-13-30-27-19)26-15-17-4-3-8-25-21(17)31-20-6-2-5-18(23)14-20/h2-8,13-14H,9-12,15-16H2,1H3,(H,24,26).